The van der Waals surface area contributed by atoms with E-state index < -0.39 is 38.5 Å². The van der Waals surface area contributed by atoms with Crippen molar-refractivity contribution in [1.82, 2.24) is 14.9 Å². The molecule has 3 heterocycles. The summed E-state index contributed by atoms with van der Waals surface area (Å²) in [5.74, 6) is -3.06. The predicted molar refractivity (Wildman–Crippen MR) is 131 cm³/mol. The Morgan fingerprint density at radius 3 is 2.69 bits per heavy atom. The minimum Gasteiger partial charge on any atom is -0.408 e. The lowest BCUT2D eigenvalue weighted by molar-refractivity contribution is 0.489. The minimum atomic E-state index is -4.48. The Hall–Kier alpha value is -3.83. The molecular formula is C25H22F2N4O4S. The van der Waals surface area contributed by atoms with Gasteiger partial charge < -0.3 is 9.73 Å². The monoisotopic (exact) mass is 512 g/mol. The molecule has 1 aliphatic rings. The summed E-state index contributed by atoms with van der Waals surface area (Å²) in [6.45, 7) is 3.45. The first-order valence-corrected chi connectivity index (χ1v) is 12.7. The molecule has 0 bridgehead atoms. The fraction of sp³-hybridized carbons (Fsp3) is 0.200. The Morgan fingerprint density at radius 2 is 1.94 bits per heavy atom. The fourth-order valence-corrected chi connectivity index (χ4v) is 5.38. The number of rotatable bonds is 6. The van der Waals surface area contributed by atoms with Crippen molar-refractivity contribution >= 4 is 32.5 Å². The zero-order valence-electron chi connectivity index (χ0n) is 19.2. The van der Waals surface area contributed by atoms with Crippen LogP contribution in [0.15, 0.2) is 74.8 Å². The zero-order valence-corrected chi connectivity index (χ0v) is 20.0. The van der Waals surface area contributed by atoms with Gasteiger partial charge in [-0.05, 0) is 54.8 Å². The minimum absolute atomic E-state index is 0.0990. The summed E-state index contributed by atoms with van der Waals surface area (Å²) in [4.78, 5) is 15.5. The van der Waals surface area contributed by atoms with E-state index in [9.17, 15) is 17.6 Å². The number of sulfonamides is 1. The van der Waals surface area contributed by atoms with Crippen LogP contribution in [0.2, 0.25) is 0 Å². The van der Waals surface area contributed by atoms with E-state index in [4.69, 9.17) is 4.42 Å². The largest absolute Gasteiger partial charge is 0.420 e. The number of oxazole rings is 1. The molecule has 2 aromatic heterocycles. The number of nitrogens with zero attached hydrogens (tertiary/aromatic N) is 2. The molecule has 2 aromatic carbocycles. The molecule has 5 rings (SSSR count). The molecule has 2 N–H and O–H groups in total. The van der Waals surface area contributed by atoms with Crippen LogP contribution in [0, 0.1) is 11.8 Å². The normalized spacial score (nSPS) is 15.0. The van der Waals surface area contributed by atoms with Gasteiger partial charge in [-0.3, -0.25) is 9.29 Å². The van der Waals surface area contributed by atoms with E-state index in [2.05, 4.69) is 16.4 Å². The first-order valence-electron chi connectivity index (χ1n) is 11.2. The van der Waals surface area contributed by atoms with Crippen molar-refractivity contribution in [2.24, 2.45) is 0 Å². The van der Waals surface area contributed by atoms with Crippen molar-refractivity contribution in [3.8, 4) is 0 Å². The van der Waals surface area contributed by atoms with Gasteiger partial charge >= 0.3 is 5.76 Å². The second-order valence-corrected chi connectivity index (χ2v) is 10.1. The third-order valence-corrected chi connectivity index (χ3v) is 7.47. The zero-order chi connectivity index (χ0) is 25.4. The lowest BCUT2D eigenvalue weighted by atomic mass is 9.96. The molecule has 8 nitrogen and oxygen atoms in total. The van der Waals surface area contributed by atoms with Gasteiger partial charge in [-0.1, -0.05) is 30.3 Å². The van der Waals surface area contributed by atoms with Gasteiger partial charge in [0.2, 0.25) is 5.95 Å². The molecule has 0 spiro atoms. The maximum absolute atomic E-state index is 15.1. The third kappa shape index (κ3) is 4.54. The van der Waals surface area contributed by atoms with E-state index in [-0.39, 0.29) is 16.9 Å². The highest BCUT2D eigenvalue weighted by Crippen LogP contribution is 2.29. The highest BCUT2D eigenvalue weighted by Gasteiger charge is 2.25. The lowest BCUT2D eigenvalue weighted by Gasteiger charge is -2.18. The second kappa shape index (κ2) is 9.32. The summed E-state index contributed by atoms with van der Waals surface area (Å²) in [6, 6.07) is 12.6. The smallest absolute Gasteiger partial charge is 0.408 e. The van der Waals surface area contributed by atoms with Crippen LogP contribution < -0.4 is 15.8 Å². The molecule has 1 unspecified atom stereocenters. The molecular weight excluding hydrogens is 490 g/mol. The Balaban J connectivity index is 1.52. The Morgan fingerprint density at radius 1 is 1.14 bits per heavy atom. The number of fused-ring (bicyclic) bond motifs is 1. The topological polar surface area (TPSA) is 106 Å². The maximum atomic E-state index is 15.1. The van der Waals surface area contributed by atoms with Crippen LogP contribution in [0.1, 0.15) is 30.5 Å². The van der Waals surface area contributed by atoms with Crippen LogP contribution in [0.5, 0.6) is 0 Å². The van der Waals surface area contributed by atoms with Gasteiger partial charge in [0, 0.05) is 18.7 Å². The number of halogens is 2. The Bertz CT molecular complexity index is 1660. The molecule has 0 fully saturated rings. The van der Waals surface area contributed by atoms with Crippen LogP contribution in [-0.4, -0.2) is 31.1 Å². The molecule has 0 amide bonds. The van der Waals surface area contributed by atoms with Crippen LogP contribution in [0.4, 0.5) is 14.6 Å². The van der Waals surface area contributed by atoms with Gasteiger partial charge in [0.25, 0.3) is 10.0 Å². The molecule has 0 radical (unpaired) electrons. The second-order valence-electron chi connectivity index (χ2n) is 8.42. The standard InChI is InChI=1S/C25H22F2N4O4S/c1-15(17-4-2-5-18(12-17)16-8-10-28-11-9-16)31-20-13-19(26)22(14-21(20)35-25(31)32)36(33,34)30-24-7-3-6-23(27)29-24/h2-8,12-15,28H,9-11H2,1H3,(H,29,30). The highest BCUT2D eigenvalue weighted by atomic mass is 32.2. The van der Waals surface area contributed by atoms with Crippen molar-refractivity contribution in [3.63, 3.8) is 0 Å². The predicted octanol–water partition coefficient (Wildman–Crippen LogP) is 4.05. The van der Waals surface area contributed by atoms with Crippen LogP contribution in [-0.2, 0) is 10.0 Å². The summed E-state index contributed by atoms with van der Waals surface area (Å²) in [5.41, 5.74) is 3.07. The number of aromatic nitrogens is 2. The first-order chi connectivity index (χ1) is 17.2. The highest BCUT2D eigenvalue weighted by molar-refractivity contribution is 7.92. The first kappa shape index (κ1) is 23.9. The van der Waals surface area contributed by atoms with Crippen molar-refractivity contribution in [3.05, 3.63) is 94.1 Å². The summed E-state index contributed by atoms with van der Waals surface area (Å²) in [5, 5.41) is 3.27. The van der Waals surface area contributed by atoms with Gasteiger partial charge in [0.1, 0.15) is 16.5 Å². The molecule has 1 aliphatic heterocycles. The average molecular weight is 513 g/mol. The lowest BCUT2D eigenvalue weighted by Crippen LogP contribution is -2.21. The van der Waals surface area contributed by atoms with Crippen molar-refractivity contribution in [2.75, 3.05) is 17.8 Å². The number of nitrogens with one attached hydrogen (secondary N) is 2. The number of anilines is 1. The Kier molecular flexibility index (Phi) is 6.19. The van der Waals surface area contributed by atoms with Crippen molar-refractivity contribution < 1.29 is 21.6 Å². The summed E-state index contributed by atoms with van der Waals surface area (Å²) >= 11 is 0. The van der Waals surface area contributed by atoms with Crippen molar-refractivity contribution in [1.29, 1.82) is 0 Å². The molecule has 1 atom stereocenters. The molecule has 36 heavy (non-hydrogen) atoms. The van der Waals surface area contributed by atoms with Gasteiger partial charge in [-0.25, -0.2) is 22.6 Å². The summed E-state index contributed by atoms with van der Waals surface area (Å²) < 4.78 is 62.6. The van der Waals surface area contributed by atoms with Crippen molar-refractivity contribution in [2.45, 2.75) is 24.3 Å². The maximum Gasteiger partial charge on any atom is 0.420 e. The van der Waals surface area contributed by atoms with Crippen LogP contribution in [0.25, 0.3) is 16.7 Å². The van der Waals surface area contributed by atoms with E-state index in [1.807, 2.05) is 29.0 Å². The van der Waals surface area contributed by atoms with E-state index >= 15 is 4.39 Å². The van der Waals surface area contributed by atoms with Crippen LogP contribution in [0.3, 0.4) is 0 Å². The van der Waals surface area contributed by atoms with E-state index in [1.54, 1.807) is 6.92 Å². The molecule has 0 saturated carbocycles. The van der Waals surface area contributed by atoms with E-state index in [1.165, 1.54) is 22.3 Å². The van der Waals surface area contributed by atoms with Gasteiger partial charge in [0.15, 0.2) is 5.58 Å². The Labute approximate surface area is 205 Å². The molecule has 0 aliphatic carbocycles. The molecule has 186 valence electrons. The molecule has 11 heteroatoms. The van der Waals surface area contributed by atoms with E-state index in [0.717, 1.165) is 48.8 Å². The quantitative estimate of drug-likeness (QED) is 0.378. The van der Waals surface area contributed by atoms with Crippen LogP contribution >= 0.6 is 0 Å². The molecule has 4 aromatic rings. The number of hydrogen-bond acceptors (Lipinski definition) is 6. The number of pyridine rings is 1. The number of hydrogen-bond donors (Lipinski definition) is 2. The SMILES string of the molecule is CC(c1cccc(C2=CCNCC2)c1)n1c(=O)oc2cc(S(=O)(=O)Nc3cccc(F)n3)c(F)cc21. The molecule has 0 saturated heterocycles. The average Bonchev–Trinajstić information content (AvgIpc) is 3.18. The summed E-state index contributed by atoms with van der Waals surface area (Å²) in [6.07, 6.45) is 3.01. The van der Waals surface area contributed by atoms with Gasteiger partial charge in [0.05, 0.1) is 11.6 Å². The number of benzene rings is 2. The van der Waals surface area contributed by atoms with E-state index in [0.29, 0.717) is 0 Å². The van der Waals surface area contributed by atoms with Gasteiger partial charge in [-0.15, -0.1) is 0 Å². The fourth-order valence-electron chi connectivity index (χ4n) is 4.30. The van der Waals surface area contributed by atoms with Gasteiger partial charge in [-0.2, -0.15) is 4.39 Å². The third-order valence-electron chi connectivity index (χ3n) is 6.10. The summed E-state index contributed by atoms with van der Waals surface area (Å²) in [7, 11) is -4.48.